The summed E-state index contributed by atoms with van der Waals surface area (Å²) in [5.74, 6) is 0. The Morgan fingerprint density at radius 3 is 0.667 bits per heavy atom. The van der Waals surface area contributed by atoms with Crippen LogP contribution in [0.25, 0.3) is 0 Å². The molecule has 0 aliphatic rings. The molecule has 0 bridgehead atoms. The van der Waals surface area contributed by atoms with Crippen LogP contribution in [0.5, 0.6) is 0 Å². The summed E-state index contributed by atoms with van der Waals surface area (Å²) < 4.78 is 4.33. The van der Waals surface area contributed by atoms with E-state index in [1.807, 2.05) is 76.2 Å². The topological polar surface area (TPSA) is 96.4 Å². The quantitative estimate of drug-likeness (QED) is 0.169. The van der Waals surface area contributed by atoms with Gasteiger partial charge in [-0.15, -0.1) is 0 Å². The summed E-state index contributed by atoms with van der Waals surface area (Å²) in [4.78, 5) is 0. The molecular formula is C24H32N4NiO4+6. The van der Waals surface area contributed by atoms with E-state index in [2.05, 4.69) is 0 Å². The molecule has 4 aromatic rings. The Kier molecular flexibility index (Phi) is 14.2. The molecule has 4 rings (SSSR count). The van der Waals surface area contributed by atoms with Gasteiger partial charge < -0.3 is 0 Å². The average molecular weight is 499 g/mol. The van der Waals surface area contributed by atoms with Gasteiger partial charge in [-0.1, -0.05) is 0 Å². The van der Waals surface area contributed by atoms with E-state index in [0.29, 0.717) is 0 Å². The summed E-state index contributed by atoms with van der Waals surface area (Å²) in [5.41, 5.74) is 3.36. The Labute approximate surface area is 204 Å². The van der Waals surface area contributed by atoms with Crippen LogP contribution in [0.2, 0.25) is 0 Å². The third kappa shape index (κ3) is 12.0. The van der Waals surface area contributed by atoms with E-state index in [1.165, 1.54) is 0 Å². The second kappa shape index (κ2) is 16.0. The average Bonchev–Trinajstić information content (AvgIpc) is 2.78. The van der Waals surface area contributed by atoms with Gasteiger partial charge >= 0.3 is 16.5 Å². The second-order valence-electron chi connectivity index (χ2n) is 6.75. The van der Waals surface area contributed by atoms with E-state index in [-0.39, 0.29) is 16.5 Å². The second-order valence-corrected chi connectivity index (χ2v) is 6.75. The smallest absolute Gasteiger partial charge is 0.285 e. The van der Waals surface area contributed by atoms with Gasteiger partial charge in [-0.2, -0.15) is 0 Å². The van der Waals surface area contributed by atoms with Crippen molar-refractivity contribution in [1.29, 1.82) is 0 Å². The minimum Gasteiger partial charge on any atom is -0.285 e. The molecule has 0 radical (unpaired) electrons. The van der Waals surface area contributed by atoms with Gasteiger partial charge in [0.2, 0.25) is 47.6 Å². The van der Waals surface area contributed by atoms with Crippen LogP contribution in [0.15, 0.2) is 97.6 Å². The molecule has 4 N–H and O–H groups in total. The zero-order chi connectivity index (χ0) is 23.9. The molecule has 4 heterocycles. The van der Waals surface area contributed by atoms with E-state index in [9.17, 15) is 0 Å². The van der Waals surface area contributed by atoms with Crippen LogP contribution in [0.3, 0.4) is 0 Å². The molecule has 0 saturated heterocycles. The number of hydrogen-bond acceptors (Lipinski definition) is 4. The SMILES string of the molecule is Cc1cccc[n+]1O.Cc1cccc[n+]1O.Cc1cccc[n+]1O.Cc1cccc[n+]1O.[Ni+2]. The first-order valence-corrected chi connectivity index (χ1v) is 9.88. The van der Waals surface area contributed by atoms with Crippen LogP contribution >= 0.6 is 0 Å². The number of rotatable bonds is 0. The molecular weight excluding hydrogens is 467 g/mol. The first kappa shape index (κ1) is 29.3. The fourth-order valence-corrected chi connectivity index (χ4v) is 2.08. The van der Waals surface area contributed by atoms with Crippen molar-refractivity contribution >= 4 is 0 Å². The normalized spacial score (nSPS) is 8.85. The molecule has 0 aliphatic carbocycles. The molecule has 0 aliphatic heterocycles. The Morgan fingerprint density at radius 1 is 0.394 bits per heavy atom. The molecule has 0 fully saturated rings. The van der Waals surface area contributed by atoms with E-state index < -0.39 is 0 Å². The van der Waals surface area contributed by atoms with Crippen molar-refractivity contribution in [1.82, 2.24) is 0 Å². The molecule has 0 spiro atoms. The molecule has 9 heteroatoms. The van der Waals surface area contributed by atoms with E-state index >= 15 is 0 Å². The molecule has 8 nitrogen and oxygen atoms in total. The van der Waals surface area contributed by atoms with Crippen molar-refractivity contribution in [2.75, 3.05) is 0 Å². The molecule has 0 amide bonds. The van der Waals surface area contributed by atoms with Gasteiger partial charge in [0.15, 0.2) is 0 Å². The minimum absolute atomic E-state index is 0. The number of pyridine rings is 4. The van der Waals surface area contributed by atoms with Crippen molar-refractivity contribution in [3.63, 3.8) is 0 Å². The largest absolute Gasteiger partial charge is 2.00 e. The van der Waals surface area contributed by atoms with Crippen LogP contribution in [0.1, 0.15) is 22.8 Å². The van der Waals surface area contributed by atoms with Gasteiger partial charge in [-0.05, 0) is 24.3 Å². The third-order valence-corrected chi connectivity index (χ3v) is 4.15. The standard InChI is InChI=1S/4C6H8NO.Ni/c4*1-6-4-2-3-5-7(6)8;/h4*2-5,8H,1H3;/q4*+1;+2. The summed E-state index contributed by atoms with van der Waals surface area (Å²) in [6.07, 6.45) is 6.37. The fourth-order valence-electron chi connectivity index (χ4n) is 2.08. The number of nitrogens with zero attached hydrogens (tertiary/aromatic N) is 4. The van der Waals surface area contributed by atoms with E-state index in [0.717, 1.165) is 41.7 Å². The molecule has 0 aromatic carbocycles. The fraction of sp³-hybridized carbons (Fsp3) is 0.167. The maximum atomic E-state index is 8.84. The van der Waals surface area contributed by atoms with Crippen molar-refractivity contribution in [3.8, 4) is 0 Å². The van der Waals surface area contributed by atoms with Crippen molar-refractivity contribution in [2.24, 2.45) is 0 Å². The van der Waals surface area contributed by atoms with Crippen molar-refractivity contribution in [2.45, 2.75) is 27.7 Å². The summed E-state index contributed by atoms with van der Waals surface area (Å²) in [5, 5.41) is 35.3. The van der Waals surface area contributed by atoms with Gasteiger partial charge in [0, 0.05) is 95.1 Å². The summed E-state index contributed by atoms with van der Waals surface area (Å²) in [6.45, 7) is 7.33. The van der Waals surface area contributed by atoms with Gasteiger partial charge in [0.25, 0.3) is 0 Å². The first-order valence-electron chi connectivity index (χ1n) is 9.88. The molecule has 33 heavy (non-hydrogen) atoms. The Morgan fingerprint density at radius 2 is 0.576 bits per heavy atom. The maximum Gasteiger partial charge on any atom is 2.00 e. The Balaban J connectivity index is 0.000000410. The van der Waals surface area contributed by atoms with E-state index in [4.69, 9.17) is 20.8 Å². The summed E-state index contributed by atoms with van der Waals surface area (Å²) in [7, 11) is 0. The number of aromatic nitrogens is 4. The van der Waals surface area contributed by atoms with Crippen LogP contribution < -0.4 is 18.9 Å². The van der Waals surface area contributed by atoms with Crippen LogP contribution in [0, 0.1) is 27.7 Å². The zero-order valence-corrected chi connectivity index (χ0v) is 20.1. The minimum atomic E-state index is 0. The van der Waals surface area contributed by atoms with E-state index in [1.54, 1.807) is 49.1 Å². The number of aryl methyl sites for hydroxylation is 4. The molecule has 0 unspecified atom stereocenters. The molecule has 0 saturated carbocycles. The third-order valence-electron chi connectivity index (χ3n) is 4.15. The van der Waals surface area contributed by atoms with Crippen molar-refractivity contribution < 1.29 is 56.2 Å². The summed E-state index contributed by atoms with van der Waals surface area (Å²) >= 11 is 0. The Bertz CT molecular complexity index is 839. The monoisotopic (exact) mass is 498 g/mol. The number of hydrogen-bond donors (Lipinski definition) is 4. The first-order chi connectivity index (χ1) is 15.2. The predicted molar refractivity (Wildman–Crippen MR) is 114 cm³/mol. The molecule has 4 aromatic heterocycles. The van der Waals surface area contributed by atoms with Gasteiger partial charge in [-0.25, -0.2) is 0 Å². The maximum absolute atomic E-state index is 8.84. The van der Waals surface area contributed by atoms with Gasteiger partial charge in [0.05, 0.1) is 0 Å². The van der Waals surface area contributed by atoms with Gasteiger partial charge in [0.1, 0.15) is 0 Å². The predicted octanol–water partition coefficient (Wildman–Crippen LogP) is 2.08. The molecule has 176 valence electrons. The van der Waals surface area contributed by atoms with Crippen LogP contribution in [-0.2, 0) is 16.5 Å². The van der Waals surface area contributed by atoms with Crippen LogP contribution in [-0.4, -0.2) is 20.8 Å². The van der Waals surface area contributed by atoms with Crippen LogP contribution in [0.4, 0.5) is 0 Å². The zero-order valence-electron chi connectivity index (χ0n) is 19.1. The molecule has 0 atom stereocenters. The Hall–Kier alpha value is -3.71. The van der Waals surface area contributed by atoms with Crippen molar-refractivity contribution in [3.05, 3.63) is 120 Å². The van der Waals surface area contributed by atoms with Gasteiger partial charge in [-0.3, -0.25) is 20.8 Å². The summed E-state index contributed by atoms with van der Waals surface area (Å²) in [6, 6.07) is 21.9.